The lowest BCUT2D eigenvalue weighted by atomic mass is 10.3. The van der Waals surface area contributed by atoms with Gasteiger partial charge >= 0.3 is 0 Å². The number of hydrogen-bond acceptors (Lipinski definition) is 5. The van der Waals surface area contributed by atoms with E-state index in [1.54, 1.807) is 14.2 Å². The van der Waals surface area contributed by atoms with Gasteiger partial charge in [-0.2, -0.15) is 0 Å². The van der Waals surface area contributed by atoms with E-state index in [0.717, 1.165) is 44.2 Å². The van der Waals surface area contributed by atoms with Crippen molar-refractivity contribution in [3.8, 4) is 11.5 Å². The molecule has 1 amide bonds. The van der Waals surface area contributed by atoms with Crippen molar-refractivity contribution in [2.45, 2.75) is 0 Å². The highest BCUT2D eigenvalue weighted by Gasteiger charge is 2.20. The molecule has 0 bridgehead atoms. The summed E-state index contributed by atoms with van der Waals surface area (Å²) in [6, 6.07) is 7.62. The van der Waals surface area contributed by atoms with Crippen LogP contribution in [-0.4, -0.2) is 75.7 Å². The Labute approximate surface area is 144 Å². The summed E-state index contributed by atoms with van der Waals surface area (Å²) in [5, 5.41) is 2.90. The Balaban J connectivity index is 0.00000264. The second-order valence-electron chi connectivity index (χ2n) is 5.28. The number of carbonyl (C=O) groups is 1. The predicted octanol–water partition coefficient (Wildman–Crippen LogP) is 0.859. The molecule has 23 heavy (non-hydrogen) atoms. The number of rotatable bonds is 7. The molecule has 6 nitrogen and oxygen atoms in total. The fourth-order valence-electron chi connectivity index (χ4n) is 2.47. The number of nitrogens with one attached hydrogen (secondary N) is 1. The van der Waals surface area contributed by atoms with Gasteiger partial charge in [0.05, 0.1) is 13.7 Å². The summed E-state index contributed by atoms with van der Waals surface area (Å²) in [5.41, 5.74) is 0. The van der Waals surface area contributed by atoms with Gasteiger partial charge in [0.25, 0.3) is 0 Å². The number of carbonyl (C=O) groups excluding carboxylic acids is 1. The molecular formula is C16H26ClN3O3. The van der Waals surface area contributed by atoms with Crippen molar-refractivity contribution in [3.05, 3.63) is 24.3 Å². The predicted molar refractivity (Wildman–Crippen MR) is 92.7 cm³/mol. The van der Waals surface area contributed by atoms with Crippen LogP contribution in [0, 0.1) is 0 Å². The van der Waals surface area contributed by atoms with Crippen molar-refractivity contribution < 1.29 is 14.3 Å². The van der Waals surface area contributed by atoms with E-state index in [0.29, 0.717) is 13.2 Å². The Morgan fingerprint density at radius 3 is 2.57 bits per heavy atom. The first-order valence-electron chi connectivity index (χ1n) is 7.64. The van der Waals surface area contributed by atoms with Gasteiger partial charge in [-0.25, -0.2) is 0 Å². The van der Waals surface area contributed by atoms with Crippen molar-refractivity contribution >= 4 is 18.3 Å². The maximum Gasteiger partial charge on any atom is 0.236 e. The lowest BCUT2D eigenvalue weighted by Crippen LogP contribution is -2.51. The normalized spacial score (nSPS) is 15.0. The number of amides is 1. The number of hydrogen-bond donors (Lipinski definition) is 1. The zero-order chi connectivity index (χ0) is 15.8. The molecule has 0 unspecified atom stereocenters. The first-order valence-corrected chi connectivity index (χ1v) is 7.64. The molecular weight excluding hydrogens is 318 g/mol. The minimum absolute atomic E-state index is 0. The number of nitrogens with zero attached hydrogens (tertiary/aromatic N) is 2. The Morgan fingerprint density at radius 2 is 1.91 bits per heavy atom. The molecule has 1 aromatic rings. The summed E-state index contributed by atoms with van der Waals surface area (Å²) < 4.78 is 10.9. The number of methoxy groups -OCH3 is 1. The molecule has 0 spiro atoms. The number of piperazine rings is 1. The van der Waals surface area contributed by atoms with E-state index in [1.165, 1.54) is 0 Å². The van der Waals surface area contributed by atoms with Gasteiger partial charge in [-0.05, 0) is 19.2 Å². The minimum Gasteiger partial charge on any atom is -0.497 e. The van der Waals surface area contributed by atoms with Crippen LogP contribution >= 0.6 is 12.4 Å². The molecule has 0 atom stereocenters. The van der Waals surface area contributed by atoms with Gasteiger partial charge in [-0.15, -0.1) is 12.4 Å². The van der Waals surface area contributed by atoms with Crippen molar-refractivity contribution in [3.63, 3.8) is 0 Å². The van der Waals surface area contributed by atoms with Crippen LogP contribution in [0.2, 0.25) is 0 Å². The Morgan fingerprint density at radius 1 is 1.22 bits per heavy atom. The highest BCUT2D eigenvalue weighted by molar-refractivity contribution is 5.85. The van der Waals surface area contributed by atoms with Crippen LogP contribution in [0.15, 0.2) is 24.3 Å². The van der Waals surface area contributed by atoms with Crippen molar-refractivity contribution in [2.24, 2.45) is 0 Å². The zero-order valence-electron chi connectivity index (χ0n) is 13.8. The highest BCUT2D eigenvalue weighted by atomic mass is 35.5. The standard InChI is InChI=1S/C16H25N3O3.ClH/c1-17-13-16(20)19-8-6-18(7-9-19)10-11-22-15-5-3-4-14(12-15)21-2;/h3-5,12,17H,6-11,13H2,1-2H3;1H. The molecule has 0 saturated carbocycles. The molecule has 1 saturated heterocycles. The van der Waals surface area contributed by atoms with Crippen LogP contribution in [0.3, 0.4) is 0 Å². The number of ether oxygens (including phenoxy) is 2. The maximum atomic E-state index is 11.8. The third-order valence-electron chi connectivity index (χ3n) is 3.77. The van der Waals surface area contributed by atoms with Gasteiger partial charge < -0.3 is 19.7 Å². The van der Waals surface area contributed by atoms with E-state index < -0.39 is 0 Å². The lowest BCUT2D eigenvalue weighted by Gasteiger charge is -2.34. The van der Waals surface area contributed by atoms with Crippen LogP contribution in [0.25, 0.3) is 0 Å². The average Bonchev–Trinajstić information content (AvgIpc) is 2.56. The number of halogens is 1. The van der Waals surface area contributed by atoms with Crippen LogP contribution in [0.5, 0.6) is 11.5 Å². The van der Waals surface area contributed by atoms with E-state index in [9.17, 15) is 4.79 Å². The molecule has 0 radical (unpaired) electrons. The first-order chi connectivity index (χ1) is 10.7. The molecule has 130 valence electrons. The summed E-state index contributed by atoms with van der Waals surface area (Å²) in [5.74, 6) is 1.80. The monoisotopic (exact) mass is 343 g/mol. The SMILES string of the molecule is CNCC(=O)N1CCN(CCOc2cccc(OC)c2)CC1.Cl. The third-order valence-corrected chi connectivity index (χ3v) is 3.77. The third kappa shape index (κ3) is 6.25. The topological polar surface area (TPSA) is 54.0 Å². The van der Waals surface area contributed by atoms with E-state index in [-0.39, 0.29) is 18.3 Å². The summed E-state index contributed by atoms with van der Waals surface area (Å²) >= 11 is 0. The molecule has 2 rings (SSSR count). The van der Waals surface area contributed by atoms with Gasteiger partial charge in [-0.3, -0.25) is 9.69 Å². The summed E-state index contributed by atoms with van der Waals surface area (Å²) in [6.07, 6.45) is 0. The number of benzene rings is 1. The van der Waals surface area contributed by atoms with Gasteiger partial charge in [0.2, 0.25) is 5.91 Å². The summed E-state index contributed by atoms with van der Waals surface area (Å²) in [7, 11) is 3.44. The van der Waals surface area contributed by atoms with Gasteiger partial charge in [-0.1, -0.05) is 6.07 Å². The average molecular weight is 344 g/mol. The molecule has 1 aromatic carbocycles. The van der Waals surface area contributed by atoms with Gasteiger partial charge in [0, 0.05) is 38.8 Å². The van der Waals surface area contributed by atoms with Gasteiger partial charge in [0.1, 0.15) is 18.1 Å². The lowest BCUT2D eigenvalue weighted by molar-refractivity contribution is -0.131. The van der Waals surface area contributed by atoms with Gasteiger partial charge in [0.15, 0.2) is 0 Å². The molecule has 7 heteroatoms. The zero-order valence-corrected chi connectivity index (χ0v) is 14.6. The van der Waals surface area contributed by atoms with Crippen molar-refractivity contribution in [1.82, 2.24) is 15.1 Å². The summed E-state index contributed by atoms with van der Waals surface area (Å²) in [6.45, 7) is 5.30. The first kappa shape index (κ1) is 19.5. The van der Waals surface area contributed by atoms with E-state index in [4.69, 9.17) is 9.47 Å². The molecule has 1 N–H and O–H groups in total. The quantitative estimate of drug-likeness (QED) is 0.796. The maximum absolute atomic E-state index is 11.8. The number of likely N-dealkylation sites (N-methyl/N-ethyl adjacent to an activating group) is 1. The summed E-state index contributed by atoms with van der Waals surface area (Å²) in [4.78, 5) is 16.0. The molecule has 1 aliphatic rings. The molecule has 1 aliphatic heterocycles. The molecule has 1 fully saturated rings. The molecule has 0 aliphatic carbocycles. The Hall–Kier alpha value is -1.50. The van der Waals surface area contributed by atoms with Crippen LogP contribution < -0.4 is 14.8 Å². The van der Waals surface area contributed by atoms with Crippen LogP contribution in [0.4, 0.5) is 0 Å². The van der Waals surface area contributed by atoms with E-state index >= 15 is 0 Å². The Kier molecular flexibility index (Phi) is 8.76. The minimum atomic E-state index is 0. The van der Waals surface area contributed by atoms with E-state index in [1.807, 2.05) is 29.2 Å². The van der Waals surface area contributed by atoms with Crippen LogP contribution in [-0.2, 0) is 4.79 Å². The second-order valence-corrected chi connectivity index (χ2v) is 5.28. The van der Waals surface area contributed by atoms with Crippen molar-refractivity contribution in [1.29, 1.82) is 0 Å². The van der Waals surface area contributed by atoms with Crippen LogP contribution in [0.1, 0.15) is 0 Å². The second kappa shape index (κ2) is 10.3. The van der Waals surface area contributed by atoms with Crippen molar-refractivity contribution in [2.75, 3.05) is 60.0 Å². The molecule has 1 heterocycles. The highest BCUT2D eigenvalue weighted by Crippen LogP contribution is 2.18. The fraction of sp³-hybridized carbons (Fsp3) is 0.562. The smallest absolute Gasteiger partial charge is 0.236 e. The largest absolute Gasteiger partial charge is 0.497 e. The molecule has 0 aromatic heterocycles. The van der Waals surface area contributed by atoms with E-state index in [2.05, 4.69) is 10.2 Å². The fourth-order valence-corrected chi connectivity index (χ4v) is 2.47. The Bertz CT molecular complexity index is 479.